The van der Waals surface area contributed by atoms with Crippen LogP contribution in [-0.2, 0) is 33.2 Å². The van der Waals surface area contributed by atoms with E-state index in [4.69, 9.17) is 28.4 Å². The molecule has 0 radical (unpaired) electrons. The molecule has 0 saturated carbocycles. The van der Waals surface area contributed by atoms with Crippen molar-refractivity contribution in [2.75, 3.05) is 26.4 Å². The van der Waals surface area contributed by atoms with Gasteiger partial charge < -0.3 is 89.9 Å². The Bertz CT molecular complexity index is 1590. The van der Waals surface area contributed by atoms with Gasteiger partial charge in [0.25, 0.3) is 0 Å². The van der Waals surface area contributed by atoms with Crippen LogP contribution in [0.3, 0.4) is 0 Å². The lowest BCUT2D eigenvalue weighted by Crippen LogP contribution is -2.66. The molecule has 3 fully saturated rings. The number of carbonyl (C=O) groups is 1. The van der Waals surface area contributed by atoms with Crippen molar-refractivity contribution >= 4 is 5.91 Å². The minimum absolute atomic E-state index is 0.235. The highest BCUT2D eigenvalue weighted by Crippen LogP contribution is 2.33. The fourth-order valence-corrected chi connectivity index (χ4v) is 10.3. The molecule has 3 rings (SSSR count). The Kier molecular flexibility index (Phi) is 39.4. The van der Waals surface area contributed by atoms with E-state index in [2.05, 4.69) is 43.5 Å². The van der Waals surface area contributed by atoms with Crippen molar-refractivity contribution in [3.05, 3.63) is 36.5 Å². The third-order valence-corrected chi connectivity index (χ3v) is 15.4. The molecule has 0 aromatic heterocycles. The molecule has 3 heterocycles. The Balaban J connectivity index is 1.48. The van der Waals surface area contributed by atoms with Crippen LogP contribution in [0.5, 0.6) is 0 Å². The van der Waals surface area contributed by atoms with Gasteiger partial charge in [-0.2, -0.15) is 0 Å². The summed E-state index contributed by atoms with van der Waals surface area (Å²) in [6.07, 6.45) is 19.9. The van der Waals surface area contributed by atoms with Crippen LogP contribution in [0.25, 0.3) is 0 Å². The first-order chi connectivity index (χ1) is 38.3. The van der Waals surface area contributed by atoms with E-state index in [9.17, 15) is 61.0 Å². The van der Waals surface area contributed by atoms with E-state index >= 15 is 0 Å². The van der Waals surface area contributed by atoms with Gasteiger partial charge in [0.2, 0.25) is 5.91 Å². The zero-order valence-corrected chi connectivity index (χ0v) is 48.1. The molecular formula is C60H109NO18. The molecule has 12 N–H and O–H groups in total. The molecule has 19 nitrogen and oxygen atoms in total. The zero-order valence-electron chi connectivity index (χ0n) is 48.1. The van der Waals surface area contributed by atoms with Crippen LogP contribution in [0.15, 0.2) is 36.5 Å². The molecule has 17 unspecified atom stereocenters. The molecule has 0 spiro atoms. The van der Waals surface area contributed by atoms with Gasteiger partial charge >= 0.3 is 0 Å². The Morgan fingerprint density at radius 1 is 0.443 bits per heavy atom. The molecule has 0 aromatic rings. The van der Waals surface area contributed by atoms with Crippen LogP contribution in [0.4, 0.5) is 0 Å². The second-order valence-electron chi connectivity index (χ2n) is 22.2. The number of allylic oxidation sites excluding steroid dienone is 5. The third-order valence-electron chi connectivity index (χ3n) is 15.4. The van der Waals surface area contributed by atoms with E-state index in [1.165, 1.54) is 128 Å². The van der Waals surface area contributed by atoms with E-state index < -0.39 is 124 Å². The van der Waals surface area contributed by atoms with Crippen LogP contribution in [0.1, 0.15) is 206 Å². The maximum atomic E-state index is 13.3. The summed E-state index contributed by atoms with van der Waals surface area (Å²) in [6, 6.07) is -0.992. The fraction of sp³-hybridized carbons (Fsp3) is 0.883. The highest BCUT2D eigenvalue weighted by molar-refractivity contribution is 5.76. The Morgan fingerprint density at radius 3 is 1.27 bits per heavy atom. The summed E-state index contributed by atoms with van der Waals surface area (Å²) >= 11 is 0. The summed E-state index contributed by atoms with van der Waals surface area (Å²) in [7, 11) is 0. The molecular weight excluding hydrogens is 1020 g/mol. The first-order valence-corrected chi connectivity index (χ1v) is 30.7. The van der Waals surface area contributed by atoms with Crippen LogP contribution in [0, 0.1) is 0 Å². The van der Waals surface area contributed by atoms with Gasteiger partial charge in [-0.25, -0.2) is 0 Å². The van der Waals surface area contributed by atoms with E-state index in [-0.39, 0.29) is 18.9 Å². The Hall–Kier alpha value is -1.99. The molecule has 0 aliphatic carbocycles. The number of ether oxygens (including phenoxy) is 6. The second kappa shape index (κ2) is 43.6. The van der Waals surface area contributed by atoms with Gasteiger partial charge in [-0.05, 0) is 44.9 Å². The molecule has 3 aliphatic heterocycles. The number of unbranched alkanes of at least 4 members (excludes halogenated alkanes) is 25. The summed E-state index contributed by atoms with van der Waals surface area (Å²) in [5.41, 5.74) is 0. The topological polar surface area (TPSA) is 307 Å². The normalized spacial score (nSPS) is 30.5. The molecule has 3 saturated heterocycles. The van der Waals surface area contributed by atoms with Gasteiger partial charge in [0.1, 0.15) is 73.2 Å². The highest BCUT2D eigenvalue weighted by atomic mass is 16.8. The molecule has 79 heavy (non-hydrogen) atoms. The van der Waals surface area contributed by atoms with Crippen molar-refractivity contribution in [2.45, 2.75) is 311 Å². The Labute approximate surface area is 472 Å². The van der Waals surface area contributed by atoms with Gasteiger partial charge in [0.15, 0.2) is 18.9 Å². The number of hydrogen-bond acceptors (Lipinski definition) is 18. The summed E-state index contributed by atoms with van der Waals surface area (Å²) < 4.78 is 34.2. The quantitative estimate of drug-likeness (QED) is 0.0257. The number of nitrogens with one attached hydrogen (secondary N) is 1. The van der Waals surface area contributed by atoms with E-state index in [0.29, 0.717) is 12.8 Å². The van der Waals surface area contributed by atoms with Crippen LogP contribution in [0.2, 0.25) is 0 Å². The van der Waals surface area contributed by atoms with Crippen LogP contribution >= 0.6 is 0 Å². The zero-order chi connectivity index (χ0) is 57.6. The molecule has 0 bridgehead atoms. The standard InChI is InChI=1S/C60H109NO18/c1-3-5-7-9-11-13-15-17-18-19-20-21-22-23-24-26-28-30-32-34-36-38-48(66)61-43(44(65)37-35-33-31-29-27-25-16-14-12-10-8-6-4-2)42-74-58-54(72)51(69)56(46(40-63)76-58)79-60-55(73)52(70)57(47(41-64)77-60)78-59-53(71)50(68)49(67)45(39-62)75-59/h12,14,27,29,35,37,43-47,49-60,62-65,67-73H,3-11,13,15-26,28,30-34,36,38-42H2,1-2H3,(H,61,66)/b14-12+,29-27+,37-35+. The lowest BCUT2D eigenvalue weighted by molar-refractivity contribution is -0.379. The molecule has 19 heteroatoms. The highest BCUT2D eigenvalue weighted by Gasteiger charge is 2.53. The van der Waals surface area contributed by atoms with Crippen molar-refractivity contribution in [1.82, 2.24) is 5.32 Å². The van der Waals surface area contributed by atoms with E-state index in [0.717, 1.165) is 44.9 Å². The van der Waals surface area contributed by atoms with Gasteiger partial charge in [0.05, 0.1) is 38.6 Å². The van der Waals surface area contributed by atoms with Gasteiger partial charge in [-0.3, -0.25) is 4.79 Å². The monoisotopic (exact) mass is 1130 g/mol. The molecule has 1 amide bonds. The lowest BCUT2D eigenvalue weighted by atomic mass is 9.96. The number of aliphatic hydroxyl groups is 11. The SMILES string of the molecule is CCCCC/C=C/CC/C=C/CC/C=C/C(O)C(COC1OC(CO)C(OC2OC(CO)C(OC3OC(CO)C(O)C(O)C3O)C(O)C2O)C(O)C1O)NC(=O)CCCCCCCCCCCCCCCCCCCCCCC. The summed E-state index contributed by atoms with van der Waals surface area (Å²) in [6.45, 7) is 1.66. The van der Waals surface area contributed by atoms with Crippen molar-refractivity contribution < 1.29 is 89.4 Å². The van der Waals surface area contributed by atoms with Crippen LogP contribution in [-0.4, -0.2) is 193 Å². The number of carbonyl (C=O) groups excluding carboxylic acids is 1. The van der Waals surface area contributed by atoms with E-state index in [1.807, 2.05) is 6.08 Å². The van der Waals surface area contributed by atoms with Crippen molar-refractivity contribution in [3.8, 4) is 0 Å². The largest absolute Gasteiger partial charge is 0.394 e. The second-order valence-corrected chi connectivity index (χ2v) is 22.2. The van der Waals surface area contributed by atoms with Gasteiger partial charge in [-0.1, -0.05) is 192 Å². The van der Waals surface area contributed by atoms with Crippen LogP contribution < -0.4 is 5.32 Å². The summed E-state index contributed by atoms with van der Waals surface area (Å²) in [4.78, 5) is 13.3. The smallest absolute Gasteiger partial charge is 0.220 e. The predicted octanol–water partition coefficient (Wildman–Crippen LogP) is 5.71. The van der Waals surface area contributed by atoms with Crippen molar-refractivity contribution in [2.24, 2.45) is 0 Å². The van der Waals surface area contributed by atoms with E-state index in [1.54, 1.807) is 6.08 Å². The fourth-order valence-electron chi connectivity index (χ4n) is 10.3. The Morgan fingerprint density at radius 2 is 0.810 bits per heavy atom. The number of amides is 1. The molecule has 0 aromatic carbocycles. The van der Waals surface area contributed by atoms with Crippen molar-refractivity contribution in [1.29, 1.82) is 0 Å². The predicted molar refractivity (Wildman–Crippen MR) is 300 cm³/mol. The summed E-state index contributed by atoms with van der Waals surface area (Å²) in [5.74, 6) is -0.289. The lowest BCUT2D eigenvalue weighted by Gasteiger charge is -2.48. The average molecular weight is 1130 g/mol. The minimum atomic E-state index is -1.98. The third kappa shape index (κ3) is 27.5. The average Bonchev–Trinajstić information content (AvgIpc) is 3.56. The first kappa shape index (κ1) is 71.3. The van der Waals surface area contributed by atoms with Crippen molar-refractivity contribution in [3.63, 3.8) is 0 Å². The number of hydrogen-bond donors (Lipinski definition) is 12. The maximum absolute atomic E-state index is 13.3. The molecule has 462 valence electrons. The maximum Gasteiger partial charge on any atom is 0.220 e. The molecule has 3 aliphatic rings. The minimum Gasteiger partial charge on any atom is -0.394 e. The first-order valence-electron chi connectivity index (χ1n) is 30.7. The molecule has 17 atom stereocenters. The van der Waals surface area contributed by atoms with Gasteiger partial charge in [0, 0.05) is 6.42 Å². The van der Waals surface area contributed by atoms with Gasteiger partial charge in [-0.15, -0.1) is 0 Å². The summed E-state index contributed by atoms with van der Waals surface area (Å²) in [5, 5.41) is 120. The number of rotatable bonds is 45. The number of aliphatic hydroxyl groups excluding tert-OH is 11.